The molecule has 6 heteroatoms. The van der Waals surface area contributed by atoms with Crippen molar-refractivity contribution >= 4 is 24.2 Å². The van der Waals surface area contributed by atoms with Crippen LogP contribution in [-0.4, -0.2) is 30.6 Å². The van der Waals surface area contributed by atoms with E-state index in [2.05, 4.69) is 15.6 Å². The van der Waals surface area contributed by atoms with Crippen molar-refractivity contribution in [3.05, 3.63) is 22.9 Å². The average molecular weight is 298 g/mol. The van der Waals surface area contributed by atoms with Crippen LogP contribution >= 0.6 is 12.4 Å². The van der Waals surface area contributed by atoms with Gasteiger partial charge < -0.3 is 15.4 Å². The van der Waals surface area contributed by atoms with Crippen LogP contribution in [0.25, 0.3) is 0 Å². The van der Waals surface area contributed by atoms with Gasteiger partial charge in [0.15, 0.2) is 0 Å². The fraction of sp³-hybridized carbons (Fsp3) is 0.571. The Morgan fingerprint density at radius 2 is 2.30 bits per heavy atom. The first kappa shape index (κ1) is 15.1. The lowest BCUT2D eigenvalue weighted by molar-refractivity contribution is 0.0599. The Balaban J connectivity index is 0.00000147. The highest BCUT2D eigenvalue weighted by Crippen LogP contribution is 2.28. The summed E-state index contributed by atoms with van der Waals surface area (Å²) < 4.78 is 4.94. The second-order valence-corrected chi connectivity index (χ2v) is 5.18. The lowest BCUT2D eigenvalue weighted by Gasteiger charge is -2.29. The summed E-state index contributed by atoms with van der Waals surface area (Å²) >= 11 is 0. The number of esters is 1. The Hall–Kier alpha value is -1.33. The minimum atomic E-state index is -0.284. The largest absolute Gasteiger partial charge is 0.465 e. The van der Waals surface area contributed by atoms with Crippen LogP contribution < -0.4 is 10.6 Å². The summed E-state index contributed by atoms with van der Waals surface area (Å²) in [5.41, 5.74) is 2.82. The van der Waals surface area contributed by atoms with E-state index in [9.17, 15) is 4.79 Å². The predicted molar refractivity (Wildman–Crippen MR) is 79.5 cm³/mol. The molecule has 2 N–H and O–H groups in total. The third-order valence-corrected chi connectivity index (χ3v) is 3.98. The standard InChI is InChI=1S/C14H19N3O2.ClH/c1-19-14(18)12-11-5-6-15-7-9(11)8-16-13(12)17-10-3-2-4-10;/h8,10,15H,2-7H2,1H3,(H,16,17);1H. The molecule has 110 valence electrons. The van der Waals surface area contributed by atoms with Crippen molar-refractivity contribution in [2.45, 2.75) is 38.3 Å². The maximum Gasteiger partial charge on any atom is 0.341 e. The number of carbonyl (C=O) groups excluding carboxylic acids is 1. The van der Waals surface area contributed by atoms with E-state index in [1.54, 1.807) is 0 Å². The Bertz CT molecular complexity index is 503. The van der Waals surface area contributed by atoms with Gasteiger partial charge in [0, 0.05) is 18.8 Å². The summed E-state index contributed by atoms with van der Waals surface area (Å²) in [7, 11) is 1.43. The van der Waals surface area contributed by atoms with Gasteiger partial charge in [0.05, 0.1) is 7.11 Å². The molecule has 1 fully saturated rings. The van der Waals surface area contributed by atoms with Gasteiger partial charge in [0.2, 0.25) is 0 Å². The van der Waals surface area contributed by atoms with Crippen LogP contribution in [0.2, 0.25) is 0 Å². The van der Waals surface area contributed by atoms with Crippen molar-refractivity contribution in [1.29, 1.82) is 0 Å². The molecule has 2 heterocycles. The SMILES string of the molecule is COC(=O)c1c(NC2CCC2)ncc2c1CCNC2.Cl. The van der Waals surface area contributed by atoms with Gasteiger partial charge in [-0.05, 0) is 43.4 Å². The van der Waals surface area contributed by atoms with Crippen molar-refractivity contribution in [3.63, 3.8) is 0 Å². The quantitative estimate of drug-likeness (QED) is 0.834. The molecule has 3 rings (SSSR count). The van der Waals surface area contributed by atoms with Crippen LogP contribution in [0.15, 0.2) is 6.20 Å². The van der Waals surface area contributed by atoms with Crippen LogP contribution in [0.3, 0.4) is 0 Å². The molecule has 20 heavy (non-hydrogen) atoms. The second kappa shape index (κ2) is 6.41. The van der Waals surface area contributed by atoms with Gasteiger partial charge in [-0.15, -0.1) is 12.4 Å². The number of hydrogen-bond acceptors (Lipinski definition) is 5. The van der Waals surface area contributed by atoms with Crippen molar-refractivity contribution < 1.29 is 9.53 Å². The lowest BCUT2D eigenvalue weighted by atomic mass is 9.92. The molecule has 0 bridgehead atoms. The number of nitrogens with one attached hydrogen (secondary N) is 2. The number of halogens is 1. The molecule has 0 aromatic carbocycles. The van der Waals surface area contributed by atoms with E-state index in [0.29, 0.717) is 17.4 Å². The maximum atomic E-state index is 12.1. The van der Waals surface area contributed by atoms with E-state index in [-0.39, 0.29) is 18.4 Å². The third-order valence-electron chi connectivity index (χ3n) is 3.98. The molecule has 0 atom stereocenters. The molecule has 1 saturated carbocycles. The number of fused-ring (bicyclic) bond motifs is 1. The van der Waals surface area contributed by atoms with E-state index < -0.39 is 0 Å². The normalized spacial score (nSPS) is 17.4. The predicted octanol–water partition coefficient (Wildman–Crippen LogP) is 1.90. The van der Waals surface area contributed by atoms with Gasteiger partial charge in [-0.2, -0.15) is 0 Å². The van der Waals surface area contributed by atoms with Crippen molar-refractivity contribution in [2.24, 2.45) is 0 Å². The second-order valence-electron chi connectivity index (χ2n) is 5.18. The fourth-order valence-electron chi connectivity index (χ4n) is 2.64. The summed E-state index contributed by atoms with van der Waals surface area (Å²) in [4.78, 5) is 16.5. The average Bonchev–Trinajstić information content (AvgIpc) is 2.41. The zero-order chi connectivity index (χ0) is 13.2. The van der Waals surface area contributed by atoms with Crippen LogP contribution in [0, 0.1) is 0 Å². The highest BCUT2D eigenvalue weighted by molar-refractivity contribution is 5.96. The molecule has 0 unspecified atom stereocenters. The first-order chi connectivity index (χ1) is 9.29. The zero-order valence-electron chi connectivity index (χ0n) is 11.6. The van der Waals surface area contributed by atoms with Crippen LogP contribution in [0.4, 0.5) is 5.82 Å². The Labute approximate surface area is 124 Å². The molecular formula is C14H20ClN3O2. The minimum absolute atomic E-state index is 0. The zero-order valence-corrected chi connectivity index (χ0v) is 12.4. The molecule has 1 aromatic heterocycles. The van der Waals surface area contributed by atoms with Crippen molar-refractivity contribution in [1.82, 2.24) is 10.3 Å². The molecule has 5 nitrogen and oxygen atoms in total. The van der Waals surface area contributed by atoms with Gasteiger partial charge in [0.25, 0.3) is 0 Å². The first-order valence-corrected chi connectivity index (χ1v) is 6.86. The van der Waals surface area contributed by atoms with E-state index in [1.807, 2.05) is 6.20 Å². The molecular weight excluding hydrogens is 278 g/mol. The van der Waals surface area contributed by atoms with Crippen LogP contribution in [0.1, 0.15) is 40.7 Å². The van der Waals surface area contributed by atoms with Gasteiger partial charge in [-0.25, -0.2) is 9.78 Å². The number of pyridine rings is 1. The number of carbonyl (C=O) groups is 1. The first-order valence-electron chi connectivity index (χ1n) is 6.86. The third kappa shape index (κ3) is 2.74. The topological polar surface area (TPSA) is 63.2 Å². The van der Waals surface area contributed by atoms with E-state index in [4.69, 9.17) is 4.74 Å². The molecule has 0 saturated heterocycles. The van der Waals surface area contributed by atoms with E-state index in [0.717, 1.165) is 43.5 Å². The molecule has 1 aliphatic heterocycles. The Kier molecular flexibility index (Phi) is 4.83. The summed E-state index contributed by atoms with van der Waals surface area (Å²) in [6.07, 6.45) is 6.28. The summed E-state index contributed by atoms with van der Waals surface area (Å²) in [6, 6.07) is 0.454. The lowest BCUT2D eigenvalue weighted by Crippen LogP contribution is -2.31. The summed E-state index contributed by atoms with van der Waals surface area (Å²) in [6.45, 7) is 1.67. The number of anilines is 1. The van der Waals surface area contributed by atoms with Crippen LogP contribution in [-0.2, 0) is 17.7 Å². The summed E-state index contributed by atoms with van der Waals surface area (Å²) in [5, 5.41) is 6.68. The molecule has 0 spiro atoms. The summed E-state index contributed by atoms with van der Waals surface area (Å²) in [5.74, 6) is 0.408. The smallest absolute Gasteiger partial charge is 0.341 e. The van der Waals surface area contributed by atoms with E-state index >= 15 is 0 Å². The van der Waals surface area contributed by atoms with Gasteiger partial charge >= 0.3 is 5.97 Å². The van der Waals surface area contributed by atoms with Crippen LogP contribution in [0.5, 0.6) is 0 Å². The molecule has 0 amide bonds. The number of aromatic nitrogens is 1. The molecule has 1 aliphatic carbocycles. The maximum absolute atomic E-state index is 12.1. The molecule has 1 aromatic rings. The molecule has 0 radical (unpaired) electrons. The van der Waals surface area contributed by atoms with Crippen molar-refractivity contribution in [2.75, 3.05) is 19.0 Å². The highest BCUT2D eigenvalue weighted by Gasteiger charge is 2.26. The number of nitrogens with zero attached hydrogens (tertiary/aromatic N) is 1. The number of hydrogen-bond donors (Lipinski definition) is 2. The van der Waals surface area contributed by atoms with Gasteiger partial charge in [-0.3, -0.25) is 0 Å². The Morgan fingerprint density at radius 3 is 2.95 bits per heavy atom. The molecule has 2 aliphatic rings. The van der Waals surface area contributed by atoms with Gasteiger partial charge in [-0.1, -0.05) is 0 Å². The van der Waals surface area contributed by atoms with Crippen molar-refractivity contribution in [3.8, 4) is 0 Å². The monoisotopic (exact) mass is 297 g/mol. The number of methoxy groups -OCH3 is 1. The fourth-order valence-corrected chi connectivity index (χ4v) is 2.64. The van der Waals surface area contributed by atoms with Gasteiger partial charge in [0.1, 0.15) is 11.4 Å². The highest BCUT2D eigenvalue weighted by atomic mass is 35.5. The Morgan fingerprint density at radius 1 is 1.50 bits per heavy atom. The number of rotatable bonds is 3. The minimum Gasteiger partial charge on any atom is -0.465 e. The van der Waals surface area contributed by atoms with E-state index in [1.165, 1.54) is 13.5 Å². The number of ether oxygens (including phenoxy) is 1.